The zero-order valence-electron chi connectivity index (χ0n) is 15.1. The highest BCUT2D eigenvalue weighted by molar-refractivity contribution is 7.87. The second-order valence-corrected chi connectivity index (χ2v) is 8.78. The average molecular weight is 376 g/mol. The molecule has 1 fully saturated rings. The highest BCUT2D eigenvalue weighted by Crippen LogP contribution is 2.20. The van der Waals surface area contributed by atoms with E-state index in [2.05, 4.69) is 9.71 Å². The molecule has 3 rings (SSSR count). The first-order chi connectivity index (χ1) is 12.4. The molecule has 0 aliphatic carbocycles. The van der Waals surface area contributed by atoms with E-state index in [0.29, 0.717) is 25.2 Å². The lowest BCUT2D eigenvalue weighted by Crippen LogP contribution is -2.45. The molecule has 8 heteroatoms. The van der Waals surface area contributed by atoms with Gasteiger partial charge in [0.1, 0.15) is 0 Å². The molecule has 0 unspecified atom stereocenters. The van der Waals surface area contributed by atoms with Gasteiger partial charge in [0.05, 0.1) is 5.52 Å². The molecule has 1 N–H and O–H groups in total. The number of piperidine rings is 1. The van der Waals surface area contributed by atoms with E-state index in [1.54, 1.807) is 12.3 Å². The van der Waals surface area contributed by atoms with Crippen molar-refractivity contribution >= 4 is 27.0 Å². The van der Waals surface area contributed by atoms with Gasteiger partial charge in [-0.1, -0.05) is 6.07 Å². The molecule has 1 aromatic heterocycles. The Morgan fingerprint density at radius 1 is 1.35 bits per heavy atom. The number of likely N-dealkylation sites (tertiary alicyclic amines) is 1. The van der Waals surface area contributed by atoms with E-state index in [-0.39, 0.29) is 11.8 Å². The number of carbonyl (C=O) groups is 1. The van der Waals surface area contributed by atoms with E-state index in [1.165, 1.54) is 14.1 Å². The maximum atomic E-state index is 12.9. The van der Waals surface area contributed by atoms with Crippen LogP contribution in [0.15, 0.2) is 36.5 Å². The molecule has 1 aliphatic rings. The number of aromatic nitrogens is 1. The van der Waals surface area contributed by atoms with Gasteiger partial charge in [-0.05, 0) is 43.0 Å². The fraction of sp³-hybridized carbons (Fsp3) is 0.444. The zero-order chi connectivity index (χ0) is 18.7. The Kier molecular flexibility index (Phi) is 5.55. The number of rotatable bonds is 5. The quantitative estimate of drug-likeness (QED) is 0.857. The summed E-state index contributed by atoms with van der Waals surface area (Å²) < 4.78 is 27.5. The fourth-order valence-electron chi connectivity index (χ4n) is 3.16. The lowest BCUT2D eigenvalue weighted by Gasteiger charge is -2.33. The Hall–Kier alpha value is -2.03. The Bertz CT molecular complexity index is 898. The first-order valence-electron chi connectivity index (χ1n) is 8.68. The van der Waals surface area contributed by atoms with Crippen LogP contribution < -0.4 is 4.72 Å². The summed E-state index contributed by atoms with van der Waals surface area (Å²) in [6, 6.07) is 9.31. The molecule has 2 aromatic rings. The highest BCUT2D eigenvalue weighted by atomic mass is 32.2. The van der Waals surface area contributed by atoms with Gasteiger partial charge in [0, 0.05) is 50.9 Å². The molecule has 2 heterocycles. The lowest BCUT2D eigenvalue weighted by atomic mass is 9.97. The van der Waals surface area contributed by atoms with E-state index >= 15 is 0 Å². The summed E-state index contributed by atoms with van der Waals surface area (Å²) in [5.74, 6) is 0.0977. The third kappa shape index (κ3) is 4.20. The van der Waals surface area contributed by atoms with Crippen LogP contribution in [0.3, 0.4) is 0 Å². The van der Waals surface area contributed by atoms with E-state index in [4.69, 9.17) is 0 Å². The standard InChI is InChI=1S/C18H24N4O3S/c1-21(2)26(24,25)20-12-14-5-4-10-22(13-14)18(23)16-7-8-17-15(11-16)6-3-9-19-17/h3,6-9,11,14,20H,4-5,10,12-13H2,1-2H3/t14-/m0/s1. The molecule has 7 nitrogen and oxygen atoms in total. The Morgan fingerprint density at radius 2 is 2.15 bits per heavy atom. The number of hydrogen-bond donors (Lipinski definition) is 1. The van der Waals surface area contributed by atoms with Crippen molar-refractivity contribution in [2.24, 2.45) is 5.92 Å². The normalized spacial score (nSPS) is 18.4. The first kappa shape index (κ1) is 18.8. The third-order valence-corrected chi connectivity index (χ3v) is 6.18. The number of fused-ring (bicyclic) bond motifs is 1. The van der Waals surface area contributed by atoms with Gasteiger partial charge in [-0.25, -0.2) is 4.72 Å². The molecule has 0 saturated carbocycles. The van der Waals surface area contributed by atoms with Crippen molar-refractivity contribution in [1.29, 1.82) is 0 Å². The van der Waals surface area contributed by atoms with Crippen molar-refractivity contribution in [1.82, 2.24) is 18.9 Å². The molecule has 1 saturated heterocycles. The minimum atomic E-state index is -3.44. The maximum absolute atomic E-state index is 12.9. The molecular weight excluding hydrogens is 352 g/mol. The van der Waals surface area contributed by atoms with Crippen molar-refractivity contribution in [3.63, 3.8) is 0 Å². The molecule has 26 heavy (non-hydrogen) atoms. The van der Waals surface area contributed by atoms with Crippen LogP contribution in [-0.2, 0) is 10.2 Å². The van der Waals surface area contributed by atoms with E-state index in [9.17, 15) is 13.2 Å². The summed E-state index contributed by atoms with van der Waals surface area (Å²) in [6.45, 7) is 1.59. The van der Waals surface area contributed by atoms with Gasteiger partial charge >= 0.3 is 0 Å². The Labute approximate surface area is 154 Å². The van der Waals surface area contributed by atoms with E-state index in [0.717, 1.165) is 28.0 Å². The molecule has 1 aromatic carbocycles. The summed E-state index contributed by atoms with van der Waals surface area (Å²) in [5.41, 5.74) is 1.50. The monoisotopic (exact) mass is 376 g/mol. The maximum Gasteiger partial charge on any atom is 0.278 e. The van der Waals surface area contributed by atoms with E-state index in [1.807, 2.05) is 29.2 Å². The van der Waals surface area contributed by atoms with Crippen LogP contribution in [0.2, 0.25) is 0 Å². The summed E-state index contributed by atoms with van der Waals surface area (Å²) in [4.78, 5) is 18.9. The van der Waals surface area contributed by atoms with Gasteiger partial charge in [0.2, 0.25) is 0 Å². The summed E-state index contributed by atoms with van der Waals surface area (Å²) in [7, 11) is -0.452. The molecule has 1 amide bonds. The number of hydrogen-bond acceptors (Lipinski definition) is 4. The number of nitrogens with one attached hydrogen (secondary N) is 1. The largest absolute Gasteiger partial charge is 0.338 e. The zero-order valence-corrected chi connectivity index (χ0v) is 15.9. The molecular formula is C18H24N4O3S. The SMILES string of the molecule is CN(C)S(=O)(=O)NC[C@@H]1CCCN(C(=O)c2ccc3ncccc3c2)C1. The van der Waals surface area contributed by atoms with Gasteiger partial charge in [-0.15, -0.1) is 0 Å². The van der Waals surface area contributed by atoms with Crippen LogP contribution in [0.4, 0.5) is 0 Å². The second kappa shape index (κ2) is 7.69. The Balaban J connectivity index is 1.67. The van der Waals surface area contributed by atoms with Crippen LogP contribution in [0.5, 0.6) is 0 Å². The molecule has 0 radical (unpaired) electrons. The summed E-state index contributed by atoms with van der Waals surface area (Å²) in [5, 5.41) is 0.936. The van der Waals surface area contributed by atoms with Gasteiger partial charge in [-0.3, -0.25) is 9.78 Å². The van der Waals surface area contributed by atoms with Crippen LogP contribution in [-0.4, -0.2) is 62.2 Å². The van der Waals surface area contributed by atoms with Crippen molar-refractivity contribution < 1.29 is 13.2 Å². The molecule has 1 atom stereocenters. The van der Waals surface area contributed by atoms with Gasteiger partial charge in [0.15, 0.2) is 0 Å². The first-order valence-corrected chi connectivity index (χ1v) is 10.1. The number of amides is 1. The molecule has 0 bridgehead atoms. The van der Waals surface area contributed by atoms with Crippen molar-refractivity contribution in [2.75, 3.05) is 33.7 Å². The van der Waals surface area contributed by atoms with E-state index < -0.39 is 10.2 Å². The average Bonchev–Trinajstić information content (AvgIpc) is 2.65. The van der Waals surface area contributed by atoms with Crippen molar-refractivity contribution in [3.8, 4) is 0 Å². The van der Waals surface area contributed by atoms with Crippen LogP contribution in [0, 0.1) is 5.92 Å². The van der Waals surface area contributed by atoms with Crippen molar-refractivity contribution in [3.05, 3.63) is 42.1 Å². The van der Waals surface area contributed by atoms with Crippen molar-refractivity contribution in [2.45, 2.75) is 12.8 Å². The van der Waals surface area contributed by atoms with Crippen LogP contribution in [0.25, 0.3) is 10.9 Å². The summed E-state index contributed by atoms with van der Waals surface area (Å²) >= 11 is 0. The minimum absolute atomic E-state index is 0.0177. The minimum Gasteiger partial charge on any atom is -0.338 e. The smallest absolute Gasteiger partial charge is 0.278 e. The second-order valence-electron chi connectivity index (χ2n) is 6.81. The van der Waals surface area contributed by atoms with Crippen LogP contribution >= 0.6 is 0 Å². The Morgan fingerprint density at radius 3 is 2.92 bits per heavy atom. The highest BCUT2D eigenvalue weighted by Gasteiger charge is 2.26. The number of nitrogens with zero attached hydrogens (tertiary/aromatic N) is 3. The number of benzene rings is 1. The third-order valence-electron chi connectivity index (χ3n) is 4.69. The fourth-order valence-corrected chi connectivity index (χ4v) is 3.86. The lowest BCUT2D eigenvalue weighted by molar-refractivity contribution is 0.0676. The predicted molar refractivity (Wildman–Crippen MR) is 101 cm³/mol. The predicted octanol–water partition coefficient (Wildman–Crippen LogP) is 1.48. The molecule has 140 valence electrons. The summed E-state index contributed by atoms with van der Waals surface area (Å²) in [6.07, 6.45) is 3.50. The van der Waals surface area contributed by atoms with Crippen LogP contribution in [0.1, 0.15) is 23.2 Å². The number of pyridine rings is 1. The van der Waals surface area contributed by atoms with Gasteiger partial charge in [0.25, 0.3) is 16.1 Å². The number of carbonyl (C=O) groups excluding carboxylic acids is 1. The van der Waals surface area contributed by atoms with Gasteiger partial charge in [-0.2, -0.15) is 12.7 Å². The molecule has 1 aliphatic heterocycles. The molecule has 0 spiro atoms. The van der Waals surface area contributed by atoms with Gasteiger partial charge < -0.3 is 4.90 Å². The topological polar surface area (TPSA) is 82.6 Å².